The highest BCUT2D eigenvalue weighted by Gasteiger charge is 2.44. The SMILES string of the molecule is COC(=O)C(C)(C)C(C)(C)NCc1nc(C(C)(C)NC(=O)OC(C)(C)C)no1. The molecule has 1 rings (SSSR count). The number of amides is 1. The van der Waals surface area contributed by atoms with E-state index in [4.69, 9.17) is 14.0 Å². The number of hydrogen-bond acceptors (Lipinski definition) is 8. The molecule has 0 aliphatic rings. The molecule has 0 atom stereocenters. The normalized spacial score (nSPS) is 13.2. The second-order valence-electron chi connectivity index (χ2n) is 9.36. The third kappa shape index (κ3) is 5.92. The third-order valence-corrected chi connectivity index (χ3v) is 4.78. The average Bonchev–Trinajstić information content (AvgIpc) is 2.99. The van der Waals surface area contributed by atoms with E-state index in [0.29, 0.717) is 11.7 Å². The van der Waals surface area contributed by atoms with Gasteiger partial charge in [0.15, 0.2) is 5.82 Å². The quantitative estimate of drug-likeness (QED) is 0.674. The van der Waals surface area contributed by atoms with Crippen molar-refractivity contribution in [3.63, 3.8) is 0 Å². The number of carbonyl (C=O) groups excluding carboxylic acids is 2. The van der Waals surface area contributed by atoms with E-state index in [2.05, 4.69) is 20.8 Å². The number of alkyl carbamates (subject to hydrolysis) is 1. The fraction of sp³-hybridized carbons (Fsp3) is 0.789. The molecule has 1 amide bonds. The van der Waals surface area contributed by atoms with E-state index in [9.17, 15) is 9.59 Å². The van der Waals surface area contributed by atoms with Crippen LogP contribution in [0.15, 0.2) is 4.52 Å². The lowest BCUT2D eigenvalue weighted by Crippen LogP contribution is -2.55. The molecule has 2 N–H and O–H groups in total. The number of nitrogens with zero attached hydrogens (tertiary/aromatic N) is 2. The summed E-state index contributed by atoms with van der Waals surface area (Å²) in [4.78, 5) is 28.5. The Balaban J connectivity index is 2.81. The Hall–Kier alpha value is -2.16. The first kappa shape index (κ1) is 23.9. The lowest BCUT2D eigenvalue weighted by molar-refractivity contribution is -0.155. The van der Waals surface area contributed by atoms with E-state index < -0.39 is 28.2 Å². The van der Waals surface area contributed by atoms with Gasteiger partial charge in [0.25, 0.3) is 0 Å². The topological polar surface area (TPSA) is 116 Å². The van der Waals surface area contributed by atoms with Crippen LogP contribution in [0, 0.1) is 5.41 Å². The largest absolute Gasteiger partial charge is 0.469 e. The zero-order chi connectivity index (χ0) is 22.0. The predicted octanol–water partition coefficient (Wildman–Crippen LogP) is 2.90. The van der Waals surface area contributed by atoms with Gasteiger partial charge in [-0.25, -0.2) is 4.79 Å². The van der Waals surface area contributed by atoms with Gasteiger partial charge in [-0.05, 0) is 62.3 Å². The monoisotopic (exact) mass is 398 g/mol. The van der Waals surface area contributed by atoms with Gasteiger partial charge < -0.3 is 24.6 Å². The van der Waals surface area contributed by atoms with Crippen LogP contribution in [0.5, 0.6) is 0 Å². The van der Waals surface area contributed by atoms with Crippen molar-refractivity contribution in [1.29, 1.82) is 0 Å². The summed E-state index contributed by atoms with van der Waals surface area (Å²) in [5.41, 5.74) is -2.86. The molecule has 1 aromatic heterocycles. The summed E-state index contributed by atoms with van der Waals surface area (Å²) in [6, 6.07) is 0. The molecule has 1 aromatic rings. The van der Waals surface area contributed by atoms with Gasteiger partial charge in [-0.1, -0.05) is 5.16 Å². The minimum atomic E-state index is -0.884. The molecule has 0 radical (unpaired) electrons. The fourth-order valence-corrected chi connectivity index (χ4v) is 2.22. The van der Waals surface area contributed by atoms with Crippen molar-refractivity contribution in [2.24, 2.45) is 5.41 Å². The Bertz CT molecular complexity index is 701. The van der Waals surface area contributed by atoms with Crippen molar-refractivity contribution in [1.82, 2.24) is 20.8 Å². The zero-order valence-corrected chi connectivity index (χ0v) is 18.6. The highest BCUT2D eigenvalue weighted by atomic mass is 16.6. The van der Waals surface area contributed by atoms with Gasteiger partial charge in [-0.2, -0.15) is 4.98 Å². The van der Waals surface area contributed by atoms with Crippen LogP contribution >= 0.6 is 0 Å². The summed E-state index contributed by atoms with van der Waals surface area (Å²) in [6.45, 7) is 16.5. The number of ether oxygens (including phenoxy) is 2. The van der Waals surface area contributed by atoms with Crippen LogP contribution in [0.1, 0.15) is 74.0 Å². The number of hydrogen-bond donors (Lipinski definition) is 2. The molecule has 0 aliphatic heterocycles. The number of methoxy groups -OCH3 is 1. The van der Waals surface area contributed by atoms with Gasteiger partial charge >= 0.3 is 12.1 Å². The lowest BCUT2D eigenvalue weighted by atomic mass is 9.74. The smallest absolute Gasteiger partial charge is 0.408 e. The van der Waals surface area contributed by atoms with Crippen LogP contribution in [-0.4, -0.2) is 40.5 Å². The standard InChI is InChI=1S/C19H34N4O5/c1-16(2,3)27-15(25)22-18(6,7)13-21-12(28-23-13)11-20-19(8,9)17(4,5)14(24)26-10/h20H,11H2,1-10H3,(H,22,25). The summed E-state index contributed by atoms with van der Waals surface area (Å²) in [5.74, 6) is 0.335. The first-order valence-electron chi connectivity index (χ1n) is 9.19. The van der Waals surface area contributed by atoms with Gasteiger partial charge in [-0.3, -0.25) is 4.79 Å². The first-order valence-corrected chi connectivity index (χ1v) is 9.19. The molecule has 0 aromatic carbocycles. The Kier molecular flexibility index (Phi) is 6.88. The van der Waals surface area contributed by atoms with E-state index in [-0.39, 0.29) is 12.5 Å². The molecule has 9 heteroatoms. The predicted molar refractivity (Wildman–Crippen MR) is 103 cm³/mol. The first-order chi connectivity index (χ1) is 12.5. The highest BCUT2D eigenvalue weighted by molar-refractivity contribution is 5.77. The molecule has 1 heterocycles. The summed E-state index contributed by atoms with van der Waals surface area (Å²) in [7, 11) is 1.37. The van der Waals surface area contributed by atoms with Crippen LogP contribution in [0.3, 0.4) is 0 Å². The van der Waals surface area contributed by atoms with Crippen molar-refractivity contribution >= 4 is 12.1 Å². The maximum atomic E-state index is 12.1. The number of aromatic nitrogens is 2. The molecule has 160 valence electrons. The van der Waals surface area contributed by atoms with Gasteiger partial charge in [-0.15, -0.1) is 0 Å². The molecule has 28 heavy (non-hydrogen) atoms. The van der Waals surface area contributed by atoms with E-state index in [1.807, 2.05) is 13.8 Å². The van der Waals surface area contributed by atoms with Gasteiger partial charge in [0.05, 0.1) is 19.1 Å². The van der Waals surface area contributed by atoms with Crippen LogP contribution in [-0.2, 0) is 26.4 Å². The van der Waals surface area contributed by atoms with Crippen LogP contribution in [0.25, 0.3) is 0 Å². The Labute approximate surface area is 166 Å². The van der Waals surface area contributed by atoms with E-state index >= 15 is 0 Å². The molecule has 0 fully saturated rings. The maximum absolute atomic E-state index is 12.1. The number of rotatable bonds is 7. The van der Waals surface area contributed by atoms with Gasteiger partial charge in [0.2, 0.25) is 5.89 Å². The Morgan fingerprint density at radius 3 is 2.11 bits per heavy atom. The average molecular weight is 399 g/mol. The molecule has 0 aliphatic carbocycles. The van der Waals surface area contributed by atoms with Crippen molar-refractivity contribution in [3.8, 4) is 0 Å². The van der Waals surface area contributed by atoms with E-state index in [1.54, 1.807) is 48.5 Å². The minimum Gasteiger partial charge on any atom is -0.469 e. The molecule has 0 saturated heterocycles. The summed E-state index contributed by atoms with van der Waals surface area (Å²) in [6.07, 6.45) is -0.567. The molecule has 0 bridgehead atoms. The number of nitrogens with one attached hydrogen (secondary N) is 2. The van der Waals surface area contributed by atoms with Crippen LogP contribution in [0.2, 0.25) is 0 Å². The second kappa shape index (κ2) is 8.06. The van der Waals surface area contributed by atoms with Crippen LogP contribution < -0.4 is 10.6 Å². The molecular weight excluding hydrogens is 364 g/mol. The van der Waals surface area contributed by atoms with E-state index in [0.717, 1.165) is 0 Å². The van der Waals surface area contributed by atoms with Crippen molar-refractivity contribution in [2.75, 3.05) is 7.11 Å². The highest BCUT2D eigenvalue weighted by Crippen LogP contribution is 2.32. The number of esters is 1. The summed E-state index contributed by atoms with van der Waals surface area (Å²) >= 11 is 0. The van der Waals surface area contributed by atoms with Crippen LogP contribution in [0.4, 0.5) is 4.79 Å². The second-order valence-corrected chi connectivity index (χ2v) is 9.36. The van der Waals surface area contributed by atoms with E-state index in [1.165, 1.54) is 7.11 Å². The summed E-state index contributed by atoms with van der Waals surface area (Å²) in [5, 5.41) is 9.96. The van der Waals surface area contributed by atoms with Gasteiger partial charge in [0.1, 0.15) is 11.1 Å². The Morgan fingerprint density at radius 2 is 1.61 bits per heavy atom. The van der Waals surface area contributed by atoms with Crippen molar-refractivity contribution in [2.45, 2.75) is 85.5 Å². The molecule has 9 nitrogen and oxygen atoms in total. The van der Waals surface area contributed by atoms with Crippen molar-refractivity contribution < 1.29 is 23.6 Å². The fourth-order valence-electron chi connectivity index (χ4n) is 2.22. The third-order valence-electron chi connectivity index (χ3n) is 4.78. The number of carbonyl (C=O) groups is 2. The zero-order valence-electron chi connectivity index (χ0n) is 18.6. The molecular formula is C19H34N4O5. The van der Waals surface area contributed by atoms with Crippen molar-refractivity contribution in [3.05, 3.63) is 11.7 Å². The Morgan fingerprint density at radius 1 is 1.04 bits per heavy atom. The van der Waals surface area contributed by atoms with Gasteiger partial charge in [0, 0.05) is 5.54 Å². The minimum absolute atomic E-state index is 0.253. The summed E-state index contributed by atoms with van der Waals surface area (Å²) < 4.78 is 15.5. The molecule has 0 spiro atoms. The lowest BCUT2D eigenvalue weighted by Gasteiger charge is -2.39. The molecule has 0 saturated carbocycles. The maximum Gasteiger partial charge on any atom is 0.408 e. The molecule has 0 unspecified atom stereocenters.